The number of rotatable bonds is 0. The van der Waals surface area contributed by atoms with E-state index >= 15 is 0 Å². The molecule has 0 aromatic rings. The Balaban J connectivity index is 2.41. The van der Waals surface area contributed by atoms with Crippen LogP contribution in [0, 0.1) is 30.1 Å². The molecule has 0 heterocycles. The summed E-state index contributed by atoms with van der Waals surface area (Å²) in [5, 5.41) is 8.57. The van der Waals surface area contributed by atoms with Gasteiger partial charge in [0, 0.05) is 5.92 Å². The highest BCUT2D eigenvalue weighted by atomic mass is 14.3. The summed E-state index contributed by atoms with van der Waals surface area (Å²) >= 11 is 0. The number of hydrogen-bond donors (Lipinski definition) is 0. The molecule has 1 saturated carbocycles. The lowest BCUT2D eigenvalue weighted by molar-refractivity contribution is 0.342. The van der Waals surface area contributed by atoms with Crippen molar-refractivity contribution in [3.63, 3.8) is 0 Å². The van der Waals surface area contributed by atoms with Crippen LogP contribution in [0.2, 0.25) is 0 Å². The Morgan fingerprint density at radius 3 is 2.44 bits per heavy atom. The van der Waals surface area contributed by atoms with Gasteiger partial charge >= 0.3 is 0 Å². The second kappa shape index (κ2) is 2.87. The number of nitrogens with zero attached hydrogens (tertiary/aromatic N) is 1. The van der Waals surface area contributed by atoms with Gasteiger partial charge in [0.25, 0.3) is 0 Å². The van der Waals surface area contributed by atoms with E-state index in [1.54, 1.807) is 0 Å². The molecule has 0 aromatic heterocycles. The van der Waals surface area contributed by atoms with E-state index in [0.29, 0.717) is 5.92 Å². The minimum absolute atomic E-state index is 0.249. The first kappa shape index (κ1) is 6.61. The maximum atomic E-state index is 8.57. The average molecular weight is 122 g/mol. The summed E-state index contributed by atoms with van der Waals surface area (Å²) in [5.74, 6) is 0.655. The summed E-state index contributed by atoms with van der Waals surface area (Å²) in [4.78, 5) is 0. The van der Waals surface area contributed by atoms with Crippen molar-refractivity contribution in [2.24, 2.45) is 11.8 Å². The Morgan fingerprint density at radius 1 is 1.33 bits per heavy atom. The monoisotopic (exact) mass is 122 g/mol. The molecule has 0 aliphatic heterocycles. The summed E-state index contributed by atoms with van der Waals surface area (Å²) in [6.45, 7) is 3.93. The zero-order chi connectivity index (χ0) is 6.69. The largest absolute Gasteiger partial charge is 0.198 e. The van der Waals surface area contributed by atoms with Crippen molar-refractivity contribution in [2.75, 3.05) is 0 Å². The van der Waals surface area contributed by atoms with Gasteiger partial charge in [0.2, 0.25) is 0 Å². The molecular formula is C8H12N. The van der Waals surface area contributed by atoms with E-state index < -0.39 is 0 Å². The maximum absolute atomic E-state index is 8.57. The third-order valence-corrected chi connectivity index (χ3v) is 2.07. The van der Waals surface area contributed by atoms with Crippen molar-refractivity contribution in [2.45, 2.75) is 25.7 Å². The minimum atomic E-state index is 0.249. The highest BCUT2D eigenvalue weighted by Gasteiger charge is 2.19. The minimum Gasteiger partial charge on any atom is -0.198 e. The van der Waals surface area contributed by atoms with Crippen LogP contribution in [0.1, 0.15) is 25.7 Å². The van der Waals surface area contributed by atoms with Crippen molar-refractivity contribution in [3.8, 4) is 6.07 Å². The number of nitriles is 1. The van der Waals surface area contributed by atoms with E-state index in [0.717, 1.165) is 12.8 Å². The predicted octanol–water partition coefficient (Wildman–Crippen LogP) is 2.15. The molecule has 1 rings (SSSR count). The third kappa shape index (κ3) is 1.45. The lowest BCUT2D eigenvalue weighted by atomic mass is 9.81. The van der Waals surface area contributed by atoms with Crippen LogP contribution in [0.5, 0.6) is 0 Å². The molecule has 0 N–H and O–H groups in total. The zero-order valence-electron chi connectivity index (χ0n) is 5.64. The van der Waals surface area contributed by atoms with Gasteiger partial charge in [-0.25, -0.2) is 0 Å². The first-order chi connectivity index (χ1) is 4.34. The van der Waals surface area contributed by atoms with Gasteiger partial charge in [-0.2, -0.15) is 5.26 Å². The van der Waals surface area contributed by atoms with E-state index in [4.69, 9.17) is 5.26 Å². The standard InChI is InChI=1S/C8H12N/c1-7-4-2-3-5-8(7)6-9/h7-8H,1-5H2. The van der Waals surface area contributed by atoms with Crippen LogP contribution in [0.25, 0.3) is 0 Å². The molecule has 0 aromatic carbocycles. The summed E-state index contributed by atoms with van der Waals surface area (Å²) < 4.78 is 0. The molecule has 49 valence electrons. The van der Waals surface area contributed by atoms with E-state index in [1.165, 1.54) is 12.8 Å². The molecule has 1 aliphatic rings. The lowest BCUT2D eigenvalue weighted by Crippen LogP contribution is -2.14. The van der Waals surface area contributed by atoms with Crippen LogP contribution < -0.4 is 0 Å². The second-order valence-corrected chi connectivity index (χ2v) is 2.78. The highest BCUT2D eigenvalue weighted by molar-refractivity contribution is 4.91. The van der Waals surface area contributed by atoms with E-state index in [9.17, 15) is 0 Å². The topological polar surface area (TPSA) is 23.8 Å². The molecule has 1 radical (unpaired) electrons. The van der Waals surface area contributed by atoms with Gasteiger partial charge in [-0.15, -0.1) is 0 Å². The van der Waals surface area contributed by atoms with Crippen molar-refractivity contribution in [1.29, 1.82) is 5.26 Å². The summed E-state index contributed by atoms with van der Waals surface area (Å²) in [6, 6.07) is 2.29. The molecule has 1 nitrogen and oxygen atoms in total. The fourth-order valence-corrected chi connectivity index (χ4v) is 1.38. The first-order valence-corrected chi connectivity index (χ1v) is 3.57. The predicted molar refractivity (Wildman–Crippen MR) is 36.4 cm³/mol. The van der Waals surface area contributed by atoms with Gasteiger partial charge in [-0.05, 0) is 25.7 Å². The SMILES string of the molecule is [CH2]C1CCCCC1C#N. The van der Waals surface area contributed by atoms with E-state index in [2.05, 4.69) is 13.0 Å². The maximum Gasteiger partial charge on any atom is 0.0658 e. The Hall–Kier alpha value is -0.510. The molecule has 1 heteroatoms. The Morgan fingerprint density at radius 2 is 2.00 bits per heavy atom. The summed E-state index contributed by atoms with van der Waals surface area (Å²) in [7, 11) is 0. The molecule has 1 fully saturated rings. The van der Waals surface area contributed by atoms with Crippen molar-refractivity contribution in [1.82, 2.24) is 0 Å². The molecule has 2 unspecified atom stereocenters. The lowest BCUT2D eigenvalue weighted by Gasteiger charge is -2.22. The van der Waals surface area contributed by atoms with Gasteiger partial charge in [-0.3, -0.25) is 0 Å². The quantitative estimate of drug-likeness (QED) is 0.483. The smallest absolute Gasteiger partial charge is 0.0658 e. The van der Waals surface area contributed by atoms with Crippen molar-refractivity contribution in [3.05, 3.63) is 6.92 Å². The summed E-state index contributed by atoms with van der Waals surface area (Å²) in [5.41, 5.74) is 0. The normalized spacial score (nSPS) is 35.6. The van der Waals surface area contributed by atoms with Crippen LogP contribution in [0.15, 0.2) is 0 Å². The Labute approximate surface area is 56.7 Å². The fraction of sp³-hybridized carbons (Fsp3) is 0.750. The Kier molecular flexibility index (Phi) is 2.10. The molecule has 1 aliphatic carbocycles. The first-order valence-electron chi connectivity index (χ1n) is 3.57. The van der Waals surface area contributed by atoms with Gasteiger partial charge < -0.3 is 0 Å². The van der Waals surface area contributed by atoms with Crippen LogP contribution in [0.4, 0.5) is 0 Å². The van der Waals surface area contributed by atoms with Crippen LogP contribution >= 0.6 is 0 Å². The van der Waals surface area contributed by atoms with Gasteiger partial charge in [0.05, 0.1) is 6.07 Å². The molecular weight excluding hydrogens is 110 g/mol. The molecule has 0 amide bonds. The third-order valence-electron chi connectivity index (χ3n) is 2.07. The molecule has 0 saturated heterocycles. The van der Waals surface area contributed by atoms with Crippen LogP contribution in [-0.4, -0.2) is 0 Å². The molecule has 0 spiro atoms. The Bertz CT molecular complexity index is 123. The van der Waals surface area contributed by atoms with Gasteiger partial charge in [-0.1, -0.05) is 12.8 Å². The molecule has 9 heavy (non-hydrogen) atoms. The van der Waals surface area contributed by atoms with Crippen LogP contribution in [0.3, 0.4) is 0 Å². The summed E-state index contributed by atoms with van der Waals surface area (Å²) in [6.07, 6.45) is 4.72. The van der Waals surface area contributed by atoms with Gasteiger partial charge in [0.1, 0.15) is 0 Å². The molecule has 0 bridgehead atoms. The number of hydrogen-bond acceptors (Lipinski definition) is 1. The van der Waals surface area contributed by atoms with E-state index in [-0.39, 0.29) is 5.92 Å². The fourth-order valence-electron chi connectivity index (χ4n) is 1.38. The van der Waals surface area contributed by atoms with Crippen molar-refractivity contribution >= 4 is 0 Å². The van der Waals surface area contributed by atoms with E-state index in [1.807, 2.05) is 0 Å². The van der Waals surface area contributed by atoms with Gasteiger partial charge in [0.15, 0.2) is 0 Å². The molecule has 2 atom stereocenters. The highest BCUT2D eigenvalue weighted by Crippen LogP contribution is 2.28. The zero-order valence-corrected chi connectivity index (χ0v) is 5.64. The second-order valence-electron chi connectivity index (χ2n) is 2.78. The average Bonchev–Trinajstić information content (AvgIpc) is 1.89. The van der Waals surface area contributed by atoms with Crippen molar-refractivity contribution < 1.29 is 0 Å². The van der Waals surface area contributed by atoms with Crippen LogP contribution in [-0.2, 0) is 0 Å².